The molecule has 0 atom stereocenters. The fourth-order valence-electron chi connectivity index (χ4n) is 2.04. The largest absolute Gasteiger partial charge is 0.294 e. The van der Waals surface area contributed by atoms with E-state index in [4.69, 9.17) is 0 Å². The first-order chi connectivity index (χ1) is 8.25. The van der Waals surface area contributed by atoms with Gasteiger partial charge in [-0.25, -0.2) is 0 Å². The Labute approximate surface area is 100 Å². The van der Waals surface area contributed by atoms with Crippen LogP contribution in [0.25, 0.3) is 10.8 Å². The Morgan fingerprint density at radius 3 is 1.65 bits per heavy atom. The second kappa shape index (κ2) is 4.50. The number of rotatable bonds is 0. The van der Waals surface area contributed by atoms with Gasteiger partial charge in [-0.3, -0.25) is 9.59 Å². The van der Waals surface area contributed by atoms with Crippen molar-refractivity contribution >= 4 is 22.3 Å². The van der Waals surface area contributed by atoms with Crippen molar-refractivity contribution in [2.75, 3.05) is 0 Å². The van der Waals surface area contributed by atoms with Gasteiger partial charge in [0, 0.05) is 11.1 Å². The molecule has 0 aliphatic heterocycles. The molecular weight excluding hydrogens is 212 g/mol. The normalized spacial score (nSPS) is 13.3. The summed E-state index contributed by atoms with van der Waals surface area (Å²) in [7, 11) is 0. The first-order valence-corrected chi connectivity index (χ1v) is 5.85. The molecule has 86 valence electrons. The van der Waals surface area contributed by atoms with E-state index < -0.39 is 0 Å². The lowest BCUT2D eigenvalue weighted by atomic mass is 10.0. The molecule has 0 aromatic heterocycles. The molecule has 0 amide bonds. The van der Waals surface area contributed by atoms with Crippen molar-refractivity contribution in [1.82, 2.24) is 0 Å². The van der Waals surface area contributed by atoms with E-state index in [1.807, 2.05) is 50.2 Å². The van der Waals surface area contributed by atoms with Gasteiger partial charge in [-0.05, 0) is 22.9 Å². The van der Waals surface area contributed by atoms with Crippen molar-refractivity contribution in [2.24, 2.45) is 0 Å². The Bertz CT molecular complexity index is 544. The zero-order valence-corrected chi connectivity index (χ0v) is 9.99. The van der Waals surface area contributed by atoms with Gasteiger partial charge in [0.1, 0.15) is 0 Å². The van der Waals surface area contributed by atoms with Gasteiger partial charge < -0.3 is 0 Å². The van der Waals surface area contributed by atoms with Crippen molar-refractivity contribution in [2.45, 2.75) is 20.3 Å². The monoisotopic (exact) mass is 226 g/mol. The Hall–Kier alpha value is -1.96. The fourth-order valence-corrected chi connectivity index (χ4v) is 2.04. The van der Waals surface area contributed by atoms with E-state index in [0.717, 1.165) is 10.8 Å². The van der Waals surface area contributed by atoms with Gasteiger partial charge in [-0.15, -0.1) is 0 Å². The molecule has 2 aromatic rings. The average molecular weight is 226 g/mol. The first-order valence-electron chi connectivity index (χ1n) is 5.85. The second-order valence-electron chi connectivity index (χ2n) is 3.77. The molecule has 0 saturated heterocycles. The summed E-state index contributed by atoms with van der Waals surface area (Å²) in [4.78, 5) is 23.0. The maximum Gasteiger partial charge on any atom is 0.171 e. The molecule has 0 bridgehead atoms. The summed E-state index contributed by atoms with van der Waals surface area (Å²) >= 11 is 0. The number of ketones is 2. The zero-order chi connectivity index (χ0) is 12.4. The average Bonchev–Trinajstić information content (AvgIpc) is 2.65. The van der Waals surface area contributed by atoms with E-state index in [-0.39, 0.29) is 18.0 Å². The van der Waals surface area contributed by atoms with Crippen LogP contribution >= 0.6 is 0 Å². The summed E-state index contributed by atoms with van der Waals surface area (Å²) in [5.41, 5.74) is 1.16. The lowest BCUT2D eigenvalue weighted by molar-refractivity contribution is 0.0923. The van der Waals surface area contributed by atoms with Crippen molar-refractivity contribution in [1.29, 1.82) is 0 Å². The minimum atomic E-state index is -0.0549. The van der Waals surface area contributed by atoms with Gasteiger partial charge >= 0.3 is 0 Å². The molecule has 0 radical (unpaired) electrons. The lowest BCUT2D eigenvalue weighted by Gasteiger charge is -2.00. The molecule has 3 rings (SSSR count). The number of carbonyl (C=O) groups excluding carboxylic acids is 2. The van der Waals surface area contributed by atoms with Crippen LogP contribution in [0.2, 0.25) is 0 Å². The molecule has 1 aliphatic carbocycles. The van der Waals surface area contributed by atoms with E-state index in [9.17, 15) is 9.59 Å². The number of benzene rings is 2. The highest BCUT2D eigenvalue weighted by Crippen LogP contribution is 2.27. The molecule has 2 nitrogen and oxygen atoms in total. The second-order valence-corrected chi connectivity index (χ2v) is 3.77. The predicted molar refractivity (Wildman–Crippen MR) is 68.6 cm³/mol. The van der Waals surface area contributed by atoms with E-state index in [1.54, 1.807) is 0 Å². The molecule has 0 saturated carbocycles. The number of fused-ring (bicyclic) bond motifs is 2. The van der Waals surface area contributed by atoms with Gasteiger partial charge in [0.2, 0.25) is 0 Å². The van der Waals surface area contributed by atoms with Crippen LogP contribution in [0, 0.1) is 0 Å². The number of Topliss-reactive ketones (excluding diaryl/α,β-unsaturated/α-hetero) is 2. The summed E-state index contributed by atoms with van der Waals surface area (Å²) in [5, 5.41) is 2.03. The predicted octanol–water partition coefficient (Wildman–Crippen LogP) is 3.64. The number of hydrogen-bond acceptors (Lipinski definition) is 2. The molecule has 0 heterocycles. The van der Waals surface area contributed by atoms with Crippen LogP contribution in [-0.2, 0) is 0 Å². The topological polar surface area (TPSA) is 34.1 Å². The van der Waals surface area contributed by atoms with Gasteiger partial charge in [0.05, 0.1) is 6.42 Å². The first kappa shape index (κ1) is 11.5. The molecule has 0 spiro atoms. The maximum atomic E-state index is 11.5. The minimum Gasteiger partial charge on any atom is -0.294 e. The Morgan fingerprint density at radius 1 is 0.824 bits per heavy atom. The molecule has 0 unspecified atom stereocenters. The van der Waals surface area contributed by atoms with Crippen LogP contribution in [0.4, 0.5) is 0 Å². The van der Waals surface area contributed by atoms with Crippen molar-refractivity contribution in [3.8, 4) is 0 Å². The SMILES string of the molecule is CC.O=C1CC(=O)c2cc3ccccc3cc21. The minimum absolute atomic E-state index is 0.0334. The van der Waals surface area contributed by atoms with Gasteiger partial charge in [-0.1, -0.05) is 38.1 Å². The molecule has 0 fully saturated rings. The van der Waals surface area contributed by atoms with Crippen LogP contribution in [0.5, 0.6) is 0 Å². The van der Waals surface area contributed by atoms with Crippen LogP contribution in [-0.4, -0.2) is 11.6 Å². The Balaban J connectivity index is 0.000000514. The summed E-state index contributed by atoms with van der Waals surface area (Å²) in [5.74, 6) is -0.110. The smallest absolute Gasteiger partial charge is 0.171 e. The Kier molecular flexibility index (Phi) is 3.05. The maximum absolute atomic E-state index is 11.5. The molecule has 2 heteroatoms. The van der Waals surface area contributed by atoms with Crippen LogP contribution in [0.3, 0.4) is 0 Å². The van der Waals surface area contributed by atoms with E-state index in [2.05, 4.69) is 0 Å². The third kappa shape index (κ3) is 1.86. The van der Waals surface area contributed by atoms with Crippen molar-refractivity contribution < 1.29 is 9.59 Å². The van der Waals surface area contributed by atoms with Crippen LogP contribution < -0.4 is 0 Å². The molecule has 0 N–H and O–H groups in total. The van der Waals surface area contributed by atoms with Crippen LogP contribution in [0.15, 0.2) is 36.4 Å². The van der Waals surface area contributed by atoms with Crippen LogP contribution in [0.1, 0.15) is 41.0 Å². The summed E-state index contributed by atoms with van der Waals surface area (Å²) in [6.07, 6.45) is 0.0334. The van der Waals surface area contributed by atoms with E-state index in [1.165, 1.54) is 0 Å². The highest BCUT2D eigenvalue weighted by Gasteiger charge is 2.27. The highest BCUT2D eigenvalue weighted by molar-refractivity contribution is 6.25. The van der Waals surface area contributed by atoms with E-state index in [0.29, 0.717) is 11.1 Å². The summed E-state index contributed by atoms with van der Waals surface area (Å²) < 4.78 is 0. The molecule has 1 aliphatic rings. The van der Waals surface area contributed by atoms with Crippen molar-refractivity contribution in [3.05, 3.63) is 47.5 Å². The van der Waals surface area contributed by atoms with Crippen molar-refractivity contribution in [3.63, 3.8) is 0 Å². The molecule has 2 aromatic carbocycles. The number of carbonyl (C=O) groups is 2. The van der Waals surface area contributed by atoms with Gasteiger partial charge in [0.15, 0.2) is 11.6 Å². The third-order valence-electron chi connectivity index (χ3n) is 2.81. The standard InChI is InChI=1S/C13H8O2.C2H6/c14-12-7-13(15)11-6-9-4-2-1-3-8(9)5-10(11)12;1-2/h1-6H,7H2;1-2H3. The quantitative estimate of drug-likeness (QED) is 0.643. The Morgan fingerprint density at radius 2 is 1.24 bits per heavy atom. The van der Waals surface area contributed by atoms with E-state index >= 15 is 0 Å². The number of hydrogen-bond donors (Lipinski definition) is 0. The third-order valence-corrected chi connectivity index (χ3v) is 2.81. The van der Waals surface area contributed by atoms with Gasteiger partial charge in [0.25, 0.3) is 0 Å². The summed E-state index contributed by atoms with van der Waals surface area (Å²) in [6.45, 7) is 4.00. The fraction of sp³-hybridized carbons (Fsp3) is 0.200. The summed E-state index contributed by atoms with van der Waals surface area (Å²) in [6, 6.07) is 11.4. The van der Waals surface area contributed by atoms with Gasteiger partial charge in [-0.2, -0.15) is 0 Å². The lowest BCUT2D eigenvalue weighted by Crippen LogP contribution is -1.90. The zero-order valence-electron chi connectivity index (χ0n) is 9.99. The highest BCUT2D eigenvalue weighted by atomic mass is 16.2. The molecule has 17 heavy (non-hydrogen) atoms. The molecular formula is C15H14O2.